The van der Waals surface area contributed by atoms with Crippen LogP contribution in [0.3, 0.4) is 0 Å². The Balaban J connectivity index is 1.69. The van der Waals surface area contributed by atoms with E-state index in [1.165, 1.54) is 24.3 Å². The summed E-state index contributed by atoms with van der Waals surface area (Å²) in [5, 5.41) is 2.38. The molecule has 1 atom stereocenters. The molecule has 2 fully saturated rings. The third-order valence-corrected chi connectivity index (χ3v) is 6.35. The van der Waals surface area contributed by atoms with Crippen molar-refractivity contribution in [1.29, 1.82) is 0 Å². The second kappa shape index (κ2) is 7.39. The summed E-state index contributed by atoms with van der Waals surface area (Å²) >= 11 is 0. The van der Waals surface area contributed by atoms with E-state index in [2.05, 4.69) is 10.0 Å². The number of benzene rings is 1. The highest BCUT2D eigenvalue weighted by Gasteiger charge is 2.43. The Bertz CT molecular complexity index is 732. The fraction of sp³-hybridized carbons (Fsp3) is 0.588. The van der Waals surface area contributed by atoms with E-state index in [0.717, 1.165) is 25.7 Å². The molecule has 1 aliphatic heterocycles. The molecule has 1 aliphatic carbocycles. The Hall–Kier alpha value is -1.51. The zero-order chi connectivity index (χ0) is 17.9. The molecule has 3 rings (SSSR count). The largest absolute Gasteiger partial charge is 0.373 e. The van der Waals surface area contributed by atoms with E-state index in [9.17, 15) is 17.6 Å². The zero-order valence-electron chi connectivity index (χ0n) is 14.0. The average Bonchev–Trinajstić information content (AvgIpc) is 3.22. The second-order valence-electron chi connectivity index (χ2n) is 6.70. The van der Waals surface area contributed by atoms with Gasteiger partial charge in [-0.15, -0.1) is 0 Å². The van der Waals surface area contributed by atoms with E-state index >= 15 is 0 Å². The summed E-state index contributed by atoms with van der Waals surface area (Å²) in [7, 11) is -3.75. The molecule has 1 aromatic carbocycles. The molecule has 25 heavy (non-hydrogen) atoms. The zero-order valence-corrected chi connectivity index (χ0v) is 14.8. The number of halogens is 1. The van der Waals surface area contributed by atoms with E-state index in [1.807, 2.05) is 0 Å². The van der Waals surface area contributed by atoms with Crippen LogP contribution in [0.15, 0.2) is 29.2 Å². The molecule has 8 heteroatoms. The highest BCUT2D eigenvalue weighted by Crippen LogP contribution is 2.41. The van der Waals surface area contributed by atoms with Crippen LogP contribution >= 0.6 is 0 Å². The monoisotopic (exact) mass is 370 g/mol. The lowest BCUT2D eigenvalue weighted by molar-refractivity contribution is 0.0101. The predicted molar refractivity (Wildman–Crippen MR) is 90.6 cm³/mol. The van der Waals surface area contributed by atoms with Crippen molar-refractivity contribution in [3.05, 3.63) is 29.8 Å². The molecule has 0 unspecified atom stereocenters. The van der Waals surface area contributed by atoms with Crippen LogP contribution in [0.2, 0.25) is 0 Å². The topological polar surface area (TPSA) is 84.5 Å². The smallest absolute Gasteiger partial charge is 0.251 e. The fourth-order valence-electron chi connectivity index (χ4n) is 3.64. The molecule has 1 amide bonds. The Labute approximate surface area is 147 Å². The molecule has 1 aromatic rings. The van der Waals surface area contributed by atoms with Crippen molar-refractivity contribution < 1.29 is 22.3 Å². The number of alkyl halides is 1. The van der Waals surface area contributed by atoms with Crippen molar-refractivity contribution in [2.24, 2.45) is 0 Å². The summed E-state index contributed by atoms with van der Waals surface area (Å²) in [6, 6.07) is 5.49. The number of amides is 1. The van der Waals surface area contributed by atoms with E-state index in [0.29, 0.717) is 13.0 Å². The van der Waals surface area contributed by atoms with Gasteiger partial charge in [0, 0.05) is 18.2 Å². The number of rotatable bonds is 6. The van der Waals surface area contributed by atoms with E-state index in [-0.39, 0.29) is 28.6 Å². The first-order valence-corrected chi connectivity index (χ1v) is 10.0. The minimum atomic E-state index is -3.75. The molecule has 6 nitrogen and oxygen atoms in total. The van der Waals surface area contributed by atoms with Crippen molar-refractivity contribution in [2.45, 2.75) is 48.6 Å². The Morgan fingerprint density at radius 3 is 2.80 bits per heavy atom. The normalized spacial score (nSPS) is 22.4. The molecular formula is C17H23FN2O4S. The lowest BCUT2D eigenvalue weighted by Crippen LogP contribution is -2.36. The number of sulfonamides is 1. The summed E-state index contributed by atoms with van der Waals surface area (Å²) in [6.45, 7) is -0.403. The number of carbonyl (C=O) groups is 1. The van der Waals surface area contributed by atoms with Crippen LogP contribution in [0, 0.1) is 0 Å². The van der Waals surface area contributed by atoms with Gasteiger partial charge in [-0.1, -0.05) is 18.9 Å². The fourth-order valence-corrected chi connectivity index (χ4v) is 4.91. The molecule has 0 bridgehead atoms. The average molecular weight is 370 g/mol. The van der Waals surface area contributed by atoms with Crippen molar-refractivity contribution in [3.63, 3.8) is 0 Å². The van der Waals surface area contributed by atoms with Gasteiger partial charge in [-0.05, 0) is 37.5 Å². The summed E-state index contributed by atoms with van der Waals surface area (Å²) < 4.78 is 46.0. The highest BCUT2D eigenvalue weighted by atomic mass is 32.2. The van der Waals surface area contributed by atoms with Gasteiger partial charge in [-0.25, -0.2) is 17.5 Å². The maximum Gasteiger partial charge on any atom is 0.251 e. The molecule has 0 aromatic heterocycles. The van der Waals surface area contributed by atoms with Gasteiger partial charge in [0.2, 0.25) is 10.0 Å². The van der Waals surface area contributed by atoms with E-state index in [4.69, 9.17) is 4.74 Å². The van der Waals surface area contributed by atoms with Crippen molar-refractivity contribution in [1.82, 2.24) is 10.0 Å². The summed E-state index contributed by atoms with van der Waals surface area (Å²) in [6.07, 6.45) is 4.89. The van der Waals surface area contributed by atoms with Crippen LogP contribution in [0.4, 0.5) is 4.39 Å². The Kier molecular flexibility index (Phi) is 5.41. The molecule has 1 saturated carbocycles. The molecule has 138 valence electrons. The van der Waals surface area contributed by atoms with Gasteiger partial charge in [-0.3, -0.25) is 4.79 Å². The van der Waals surface area contributed by atoms with Gasteiger partial charge < -0.3 is 10.1 Å². The molecule has 2 N–H and O–H groups in total. The highest BCUT2D eigenvalue weighted by molar-refractivity contribution is 7.89. The molecular weight excluding hydrogens is 347 g/mol. The first-order valence-electron chi connectivity index (χ1n) is 8.55. The van der Waals surface area contributed by atoms with Crippen LogP contribution in [0.1, 0.15) is 42.5 Å². The predicted octanol–water partition coefficient (Wildman–Crippen LogP) is 1.77. The molecule has 1 heterocycles. The third-order valence-electron chi connectivity index (χ3n) is 4.83. The van der Waals surface area contributed by atoms with Crippen molar-refractivity contribution in [3.8, 4) is 0 Å². The van der Waals surface area contributed by atoms with Gasteiger partial charge in [0.15, 0.2) is 0 Å². The van der Waals surface area contributed by atoms with Gasteiger partial charge >= 0.3 is 0 Å². The number of hydrogen-bond donors (Lipinski definition) is 2. The molecule has 1 saturated heterocycles. The first-order chi connectivity index (χ1) is 11.9. The van der Waals surface area contributed by atoms with Gasteiger partial charge in [-0.2, -0.15) is 0 Å². The van der Waals surface area contributed by atoms with Gasteiger partial charge in [0.1, 0.15) is 6.67 Å². The maximum absolute atomic E-state index is 12.6. The van der Waals surface area contributed by atoms with Crippen LogP contribution in [0.25, 0.3) is 0 Å². The van der Waals surface area contributed by atoms with Gasteiger partial charge in [0.05, 0.1) is 17.1 Å². The lowest BCUT2D eigenvalue weighted by Gasteiger charge is -2.21. The minimum absolute atomic E-state index is 0.0211. The minimum Gasteiger partial charge on any atom is -0.373 e. The van der Waals surface area contributed by atoms with Gasteiger partial charge in [0.25, 0.3) is 5.91 Å². The number of nitrogens with one attached hydrogen (secondary N) is 2. The lowest BCUT2D eigenvalue weighted by atomic mass is 9.97. The summed E-state index contributed by atoms with van der Waals surface area (Å²) in [5.74, 6) is -0.496. The van der Waals surface area contributed by atoms with E-state index < -0.39 is 22.6 Å². The Morgan fingerprint density at radius 1 is 1.32 bits per heavy atom. The van der Waals surface area contributed by atoms with Crippen LogP contribution in [0.5, 0.6) is 0 Å². The molecule has 0 radical (unpaired) electrons. The van der Waals surface area contributed by atoms with Crippen molar-refractivity contribution >= 4 is 15.9 Å². The first kappa shape index (κ1) is 18.3. The number of carbonyl (C=O) groups excluding carboxylic acids is 1. The standard InChI is InChI=1S/C17H23FN2O4S/c18-8-9-19-16(21)13-4-3-5-15(10-13)25(22,23)20-14-11-17(24-12-14)6-1-2-7-17/h3-5,10,14,20H,1-2,6-9,11-12H2,(H,19,21)/t14-/m0/s1. The SMILES string of the molecule is O=C(NCCF)c1cccc(S(=O)(=O)N[C@@H]2COC3(CCCC3)C2)c1. The molecule has 1 spiro atoms. The van der Waals surface area contributed by atoms with Crippen molar-refractivity contribution in [2.75, 3.05) is 19.8 Å². The summed E-state index contributed by atoms with van der Waals surface area (Å²) in [4.78, 5) is 11.9. The number of hydrogen-bond acceptors (Lipinski definition) is 4. The van der Waals surface area contributed by atoms with Crippen LogP contribution in [-0.4, -0.2) is 45.8 Å². The van der Waals surface area contributed by atoms with Crippen LogP contribution < -0.4 is 10.0 Å². The number of ether oxygens (including phenoxy) is 1. The van der Waals surface area contributed by atoms with E-state index in [1.54, 1.807) is 0 Å². The quantitative estimate of drug-likeness (QED) is 0.799. The summed E-state index contributed by atoms with van der Waals surface area (Å²) in [5.41, 5.74) is 0.0210. The third kappa shape index (κ3) is 4.19. The van der Waals surface area contributed by atoms with Crippen LogP contribution in [-0.2, 0) is 14.8 Å². The maximum atomic E-state index is 12.6. The molecule has 2 aliphatic rings. The second-order valence-corrected chi connectivity index (χ2v) is 8.41. The Morgan fingerprint density at radius 2 is 2.08 bits per heavy atom.